The average Bonchev–Trinajstić information content (AvgIpc) is 2.41. The predicted octanol–water partition coefficient (Wildman–Crippen LogP) is 2.00. The molecule has 0 aliphatic carbocycles. The highest BCUT2D eigenvalue weighted by atomic mass is 35.5. The van der Waals surface area contributed by atoms with Gasteiger partial charge in [0.25, 0.3) is 0 Å². The molecule has 0 aromatic heterocycles. The van der Waals surface area contributed by atoms with Crippen LogP contribution in [0.25, 0.3) is 0 Å². The van der Waals surface area contributed by atoms with E-state index in [2.05, 4.69) is 22.5 Å². The van der Waals surface area contributed by atoms with Crippen LogP contribution in [0.4, 0.5) is 5.69 Å². The number of nitrogens with zero attached hydrogens (tertiary/aromatic N) is 1. The normalized spacial score (nSPS) is 18.7. The lowest BCUT2D eigenvalue weighted by Crippen LogP contribution is -2.51. The molecule has 118 valence electrons. The molecule has 0 radical (unpaired) electrons. The Morgan fingerprint density at radius 1 is 1.57 bits per heavy atom. The molecule has 7 heteroatoms. The molecular weight excluding hydrogens is 313 g/mol. The van der Waals surface area contributed by atoms with E-state index in [9.17, 15) is 4.79 Å². The minimum absolute atomic E-state index is 0. The quantitative estimate of drug-likeness (QED) is 0.884. The van der Waals surface area contributed by atoms with Gasteiger partial charge in [0.2, 0.25) is 5.91 Å². The Morgan fingerprint density at radius 2 is 2.33 bits per heavy atom. The monoisotopic (exact) mass is 333 g/mol. The zero-order valence-electron chi connectivity index (χ0n) is 12.2. The third-order valence-electron chi connectivity index (χ3n) is 3.42. The van der Waals surface area contributed by atoms with Gasteiger partial charge < -0.3 is 15.4 Å². The number of amides is 1. The first-order valence-electron chi connectivity index (χ1n) is 6.68. The van der Waals surface area contributed by atoms with E-state index in [0.29, 0.717) is 29.0 Å². The van der Waals surface area contributed by atoms with Gasteiger partial charge in [-0.3, -0.25) is 9.69 Å². The number of nitrogens with one attached hydrogen (secondary N) is 2. The van der Waals surface area contributed by atoms with Gasteiger partial charge in [-0.05, 0) is 25.1 Å². The fraction of sp³-hybridized carbons (Fsp3) is 0.500. The van der Waals surface area contributed by atoms with Gasteiger partial charge >= 0.3 is 0 Å². The summed E-state index contributed by atoms with van der Waals surface area (Å²) in [6.07, 6.45) is 0. The molecule has 21 heavy (non-hydrogen) atoms. The predicted molar refractivity (Wildman–Crippen MR) is 87.8 cm³/mol. The van der Waals surface area contributed by atoms with E-state index < -0.39 is 0 Å². The fourth-order valence-electron chi connectivity index (χ4n) is 2.25. The Balaban J connectivity index is 0.00000220. The highest BCUT2D eigenvalue weighted by molar-refractivity contribution is 6.32. The minimum Gasteiger partial charge on any atom is -0.495 e. The van der Waals surface area contributed by atoms with Crippen molar-refractivity contribution in [2.24, 2.45) is 0 Å². The standard InChI is InChI=1S/C14H20ClN3O2.ClH/c1-10-8-16-5-6-18(10)9-14(19)17-11-3-4-13(20-2)12(15)7-11;/h3-4,7,10,16H,5-6,8-9H2,1-2H3,(H,17,19);1H/t10-;/m1./s1. The van der Waals surface area contributed by atoms with Crippen LogP contribution in [0.5, 0.6) is 5.75 Å². The largest absolute Gasteiger partial charge is 0.495 e. The van der Waals surface area contributed by atoms with Crippen molar-refractivity contribution in [3.8, 4) is 5.75 Å². The molecule has 0 bridgehead atoms. The van der Waals surface area contributed by atoms with E-state index >= 15 is 0 Å². The molecule has 1 aromatic carbocycles. The van der Waals surface area contributed by atoms with Gasteiger partial charge in [-0.25, -0.2) is 0 Å². The summed E-state index contributed by atoms with van der Waals surface area (Å²) in [4.78, 5) is 14.2. The van der Waals surface area contributed by atoms with E-state index in [1.807, 2.05) is 0 Å². The van der Waals surface area contributed by atoms with Crippen molar-refractivity contribution in [2.45, 2.75) is 13.0 Å². The summed E-state index contributed by atoms with van der Waals surface area (Å²) >= 11 is 6.03. The van der Waals surface area contributed by atoms with Crippen LogP contribution in [0, 0.1) is 0 Å². The van der Waals surface area contributed by atoms with E-state index in [-0.39, 0.29) is 18.3 Å². The van der Waals surface area contributed by atoms with Crippen molar-refractivity contribution in [3.63, 3.8) is 0 Å². The number of carbonyl (C=O) groups is 1. The van der Waals surface area contributed by atoms with Crippen molar-refractivity contribution >= 4 is 35.6 Å². The van der Waals surface area contributed by atoms with E-state index in [4.69, 9.17) is 16.3 Å². The number of piperazine rings is 1. The van der Waals surface area contributed by atoms with Crippen molar-refractivity contribution in [3.05, 3.63) is 23.2 Å². The molecule has 1 fully saturated rings. The zero-order valence-corrected chi connectivity index (χ0v) is 13.8. The van der Waals surface area contributed by atoms with Crippen LogP contribution in [0.15, 0.2) is 18.2 Å². The zero-order chi connectivity index (χ0) is 14.5. The second kappa shape index (κ2) is 8.44. The van der Waals surface area contributed by atoms with Crippen LogP contribution in [-0.4, -0.2) is 50.1 Å². The maximum Gasteiger partial charge on any atom is 0.238 e. The summed E-state index contributed by atoms with van der Waals surface area (Å²) in [7, 11) is 1.56. The van der Waals surface area contributed by atoms with Crippen LogP contribution in [0.2, 0.25) is 5.02 Å². The summed E-state index contributed by atoms with van der Waals surface area (Å²) in [6, 6.07) is 5.59. The molecule has 2 rings (SSSR count). The lowest BCUT2D eigenvalue weighted by Gasteiger charge is -2.33. The Kier molecular flexibility index (Phi) is 7.25. The SMILES string of the molecule is COc1ccc(NC(=O)CN2CCNC[C@H]2C)cc1Cl.Cl. The topological polar surface area (TPSA) is 53.6 Å². The maximum atomic E-state index is 12.0. The van der Waals surface area contributed by atoms with Gasteiger partial charge in [0.1, 0.15) is 5.75 Å². The van der Waals surface area contributed by atoms with E-state index in [0.717, 1.165) is 19.6 Å². The molecule has 1 amide bonds. The molecule has 1 atom stereocenters. The highest BCUT2D eigenvalue weighted by Crippen LogP contribution is 2.27. The number of rotatable bonds is 4. The van der Waals surface area contributed by atoms with Crippen LogP contribution in [-0.2, 0) is 4.79 Å². The number of methoxy groups -OCH3 is 1. The maximum absolute atomic E-state index is 12.0. The minimum atomic E-state index is -0.0278. The highest BCUT2D eigenvalue weighted by Gasteiger charge is 2.20. The molecular formula is C14H21Cl2N3O2. The summed E-state index contributed by atoms with van der Waals surface area (Å²) in [6.45, 7) is 5.24. The fourth-order valence-corrected chi connectivity index (χ4v) is 2.50. The summed E-state index contributed by atoms with van der Waals surface area (Å²) in [5.41, 5.74) is 0.684. The summed E-state index contributed by atoms with van der Waals surface area (Å²) in [5, 5.41) is 6.65. The number of anilines is 1. The Morgan fingerprint density at radius 3 is 2.95 bits per heavy atom. The first-order chi connectivity index (χ1) is 9.60. The smallest absolute Gasteiger partial charge is 0.238 e. The van der Waals surface area contributed by atoms with Crippen LogP contribution < -0.4 is 15.4 Å². The van der Waals surface area contributed by atoms with Crippen LogP contribution in [0.3, 0.4) is 0 Å². The molecule has 1 aromatic rings. The first-order valence-corrected chi connectivity index (χ1v) is 7.06. The van der Waals surface area contributed by atoms with Crippen LogP contribution in [0.1, 0.15) is 6.92 Å². The Labute approximate surface area is 136 Å². The third kappa shape index (κ3) is 5.04. The van der Waals surface area contributed by atoms with Crippen molar-refractivity contribution in [1.82, 2.24) is 10.2 Å². The molecule has 0 saturated carbocycles. The Bertz CT molecular complexity index is 485. The number of carbonyl (C=O) groups excluding carboxylic acids is 1. The number of hydrogen-bond donors (Lipinski definition) is 2. The van der Waals surface area contributed by atoms with Crippen LogP contribution >= 0.6 is 24.0 Å². The number of benzene rings is 1. The van der Waals surface area contributed by atoms with E-state index in [1.54, 1.807) is 25.3 Å². The molecule has 0 unspecified atom stereocenters. The van der Waals surface area contributed by atoms with Gasteiger partial charge in [-0.15, -0.1) is 12.4 Å². The number of halogens is 2. The molecule has 0 spiro atoms. The van der Waals surface area contributed by atoms with Crippen molar-refractivity contribution in [2.75, 3.05) is 38.6 Å². The lowest BCUT2D eigenvalue weighted by atomic mass is 10.2. The average molecular weight is 334 g/mol. The number of hydrogen-bond acceptors (Lipinski definition) is 4. The third-order valence-corrected chi connectivity index (χ3v) is 3.72. The summed E-state index contributed by atoms with van der Waals surface area (Å²) < 4.78 is 5.08. The van der Waals surface area contributed by atoms with Gasteiger partial charge in [-0.1, -0.05) is 11.6 Å². The van der Waals surface area contributed by atoms with E-state index in [1.165, 1.54) is 0 Å². The summed E-state index contributed by atoms with van der Waals surface area (Å²) in [5.74, 6) is 0.570. The molecule has 1 aliphatic heterocycles. The van der Waals surface area contributed by atoms with Gasteiger partial charge in [-0.2, -0.15) is 0 Å². The lowest BCUT2D eigenvalue weighted by molar-refractivity contribution is -0.118. The Hall–Kier alpha value is -1.01. The molecule has 1 aliphatic rings. The molecule has 1 heterocycles. The van der Waals surface area contributed by atoms with Crippen molar-refractivity contribution < 1.29 is 9.53 Å². The van der Waals surface area contributed by atoms with Gasteiger partial charge in [0.05, 0.1) is 18.7 Å². The second-order valence-electron chi connectivity index (χ2n) is 4.92. The number of ether oxygens (including phenoxy) is 1. The second-order valence-corrected chi connectivity index (χ2v) is 5.33. The van der Waals surface area contributed by atoms with Gasteiger partial charge in [0.15, 0.2) is 0 Å². The molecule has 2 N–H and O–H groups in total. The van der Waals surface area contributed by atoms with Gasteiger partial charge in [0, 0.05) is 31.4 Å². The molecule has 5 nitrogen and oxygen atoms in total. The molecule has 1 saturated heterocycles. The first kappa shape index (κ1) is 18.0. The van der Waals surface area contributed by atoms with Crippen molar-refractivity contribution in [1.29, 1.82) is 0 Å².